The maximum absolute atomic E-state index is 13.7. The minimum atomic E-state index is -4.27. The summed E-state index contributed by atoms with van der Waals surface area (Å²) in [5, 5.41) is 8.66. The molecule has 0 fully saturated rings. The van der Waals surface area contributed by atoms with Crippen molar-refractivity contribution < 1.29 is 22.7 Å². The first-order chi connectivity index (χ1) is 9.83. The first-order valence-corrected chi connectivity index (χ1v) is 7.34. The lowest BCUT2D eigenvalue weighted by Crippen LogP contribution is -2.17. The number of nitrogens with zero attached hydrogens (tertiary/aromatic N) is 1. The number of aromatic carboxylic acids is 1. The van der Waals surface area contributed by atoms with Crippen LogP contribution in [0, 0.1) is 5.82 Å². The van der Waals surface area contributed by atoms with Crippen LogP contribution in [-0.2, 0) is 10.0 Å². The smallest absolute Gasteiger partial charge is 0.337 e. The van der Waals surface area contributed by atoms with Crippen molar-refractivity contribution in [2.75, 3.05) is 4.72 Å². The molecular weight excluding hydrogens is 323 g/mol. The van der Waals surface area contributed by atoms with Crippen LogP contribution >= 0.6 is 11.6 Å². The Balaban J connectivity index is 2.52. The van der Waals surface area contributed by atoms with Crippen molar-refractivity contribution in [3.8, 4) is 0 Å². The number of carboxylic acid groups (broad SMARTS) is 1. The Kier molecular flexibility index (Phi) is 4.10. The highest BCUT2D eigenvalue weighted by Gasteiger charge is 2.23. The Hall–Kier alpha value is -2.19. The van der Waals surface area contributed by atoms with E-state index in [0.29, 0.717) is 0 Å². The number of hydrogen-bond acceptors (Lipinski definition) is 4. The number of nitrogens with one attached hydrogen (secondary N) is 1. The number of halogens is 2. The molecule has 0 bridgehead atoms. The number of pyridine rings is 1. The summed E-state index contributed by atoms with van der Waals surface area (Å²) in [6.07, 6.45) is 1.28. The molecule has 21 heavy (non-hydrogen) atoms. The van der Waals surface area contributed by atoms with Crippen LogP contribution in [0.25, 0.3) is 0 Å². The van der Waals surface area contributed by atoms with E-state index in [2.05, 4.69) is 4.98 Å². The van der Waals surface area contributed by atoms with Crippen LogP contribution in [0.2, 0.25) is 5.15 Å². The summed E-state index contributed by atoms with van der Waals surface area (Å²) in [6.45, 7) is 0. The van der Waals surface area contributed by atoms with Gasteiger partial charge in [0.25, 0.3) is 10.0 Å². The molecule has 0 radical (unpaired) electrons. The molecule has 6 nitrogen and oxygen atoms in total. The minimum absolute atomic E-state index is 0.307. The summed E-state index contributed by atoms with van der Waals surface area (Å²) in [4.78, 5) is 14.2. The Labute approximate surface area is 124 Å². The van der Waals surface area contributed by atoms with Crippen molar-refractivity contribution in [3.05, 3.63) is 53.1 Å². The van der Waals surface area contributed by atoms with Crippen LogP contribution in [0.15, 0.2) is 41.4 Å². The van der Waals surface area contributed by atoms with E-state index in [9.17, 15) is 17.6 Å². The lowest BCUT2D eigenvalue weighted by molar-refractivity contribution is 0.0697. The van der Waals surface area contributed by atoms with Gasteiger partial charge in [0, 0.05) is 6.20 Å². The maximum atomic E-state index is 13.7. The Morgan fingerprint density at radius 1 is 1.29 bits per heavy atom. The third kappa shape index (κ3) is 3.11. The van der Waals surface area contributed by atoms with Gasteiger partial charge in [0.1, 0.15) is 15.9 Å². The molecular formula is C12H8ClFN2O4S. The predicted octanol–water partition coefficient (Wildman–Crippen LogP) is 2.37. The fourth-order valence-electron chi connectivity index (χ4n) is 1.57. The van der Waals surface area contributed by atoms with Gasteiger partial charge in [-0.3, -0.25) is 4.72 Å². The molecule has 0 aliphatic carbocycles. The Morgan fingerprint density at radius 2 is 2.00 bits per heavy atom. The van der Waals surface area contributed by atoms with E-state index in [4.69, 9.17) is 16.7 Å². The second kappa shape index (κ2) is 5.66. The largest absolute Gasteiger partial charge is 0.478 e. The summed E-state index contributed by atoms with van der Waals surface area (Å²) >= 11 is 5.68. The summed E-state index contributed by atoms with van der Waals surface area (Å²) in [7, 11) is -4.27. The standard InChI is InChI=1S/C12H8ClFN2O4S/c13-11-9(5-2-6-15-11)21(19,20)16-10-7(12(17)18)3-1-4-8(10)14/h1-6,16H,(H,17,18). The highest BCUT2D eigenvalue weighted by Crippen LogP contribution is 2.25. The summed E-state index contributed by atoms with van der Waals surface area (Å²) in [5.41, 5.74) is -1.18. The van der Waals surface area contributed by atoms with Gasteiger partial charge in [-0.2, -0.15) is 0 Å². The van der Waals surface area contributed by atoms with Crippen LogP contribution in [0.3, 0.4) is 0 Å². The van der Waals surface area contributed by atoms with Gasteiger partial charge in [-0.1, -0.05) is 17.7 Å². The molecule has 110 valence electrons. The van der Waals surface area contributed by atoms with Gasteiger partial charge in [-0.05, 0) is 24.3 Å². The van der Waals surface area contributed by atoms with Gasteiger partial charge >= 0.3 is 5.97 Å². The number of carboxylic acids is 1. The van der Waals surface area contributed by atoms with E-state index >= 15 is 0 Å². The third-order valence-electron chi connectivity index (χ3n) is 2.49. The topological polar surface area (TPSA) is 96.4 Å². The summed E-state index contributed by atoms with van der Waals surface area (Å²) in [5.74, 6) is -2.48. The molecule has 0 atom stereocenters. The number of hydrogen-bond donors (Lipinski definition) is 2. The van der Waals surface area contributed by atoms with E-state index in [1.807, 2.05) is 4.72 Å². The molecule has 1 aromatic carbocycles. The molecule has 0 unspecified atom stereocenters. The molecule has 2 rings (SSSR count). The van der Waals surface area contributed by atoms with Crippen molar-refractivity contribution in [2.24, 2.45) is 0 Å². The van der Waals surface area contributed by atoms with Crippen LogP contribution < -0.4 is 4.72 Å². The van der Waals surface area contributed by atoms with E-state index in [-0.39, 0.29) is 10.0 Å². The molecule has 1 aromatic heterocycles. The fraction of sp³-hybridized carbons (Fsp3) is 0. The van der Waals surface area contributed by atoms with Gasteiger partial charge in [0.15, 0.2) is 0 Å². The minimum Gasteiger partial charge on any atom is -0.478 e. The second-order valence-corrected chi connectivity index (χ2v) is 5.87. The van der Waals surface area contributed by atoms with Gasteiger partial charge in [0.05, 0.1) is 11.3 Å². The van der Waals surface area contributed by atoms with Gasteiger partial charge in [0.2, 0.25) is 0 Å². The monoisotopic (exact) mass is 330 g/mol. The van der Waals surface area contributed by atoms with E-state index in [1.54, 1.807) is 0 Å². The average molecular weight is 331 g/mol. The zero-order chi connectivity index (χ0) is 15.6. The Bertz CT molecular complexity index is 811. The van der Waals surface area contributed by atoms with Crippen molar-refractivity contribution in [1.29, 1.82) is 0 Å². The molecule has 9 heteroatoms. The number of para-hydroxylation sites is 1. The molecule has 0 saturated heterocycles. The molecule has 0 aliphatic rings. The van der Waals surface area contributed by atoms with Crippen molar-refractivity contribution in [3.63, 3.8) is 0 Å². The molecule has 2 aromatic rings. The normalized spacial score (nSPS) is 11.1. The first kappa shape index (κ1) is 15.2. The molecule has 0 saturated carbocycles. The number of aromatic nitrogens is 1. The van der Waals surface area contributed by atoms with Crippen LogP contribution in [-0.4, -0.2) is 24.5 Å². The zero-order valence-electron chi connectivity index (χ0n) is 10.2. The maximum Gasteiger partial charge on any atom is 0.337 e. The molecule has 1 heterocycles. The highest BCUT2D eigenvalue weighted by atomic mass is 35.5. The molecule has 2 N–H and O–H groups in total. The van der Waals surface area contributed by atoms with Crippen LogP contribution in [0.5, 0.6) is 0 Å². The molecule has 0 amide bonds. The van der Waals surface area contributed by atoms with E-state index in [1.165, 1.54) is 18.3 Å². The second-order valence-electron chi connectivity index (χ2n) is 3.87. The number of sulfonamides is 1. The van der Waals surface area contributed by atoms with Gasteiger partial charge in [-0.15, -0.1) is 0 Å². The number of carbonyl (C=O) groups is 1. The number of rotatable bonds is 4. The first-order valence-electron chi connectivity index (χ1n) is 5.48. The zero-order valence-corrected chi connectivity index (χ0v) is 11.8. The fourth-order valence-corrected chi connectivity index (χ4v) is 3.11. The lowest BCUT2D eigenvalue weighted by Gasteiger charge is -2.11. The third-order valence-corrected chi connectivity index (χ3v) is 4.29. The average Bonchev–Trinajstić information content (AvgIpc) is 2.41. The van der Waals surface area contributed by atoms with Crippen molar-refractivity contribution >= 4 is 33.3 Å². The number of anilines is 1. The van der Waals surface area contributed by atoms with E-state index in [0.717, 1.165) is 18.2 Å². The Morgan fingerprint density at radius 3 is 2.62 bits per heavy atom. The van der Waals surface area contributed by atoms with Crippen LogP contribution in [0.1, 0.15) is 10.4 Å². The van der Waals surface area contributed by atoms with Crippen LogP contribution in [0.4, 0.5) is 10.1 Å². The molecule has 0 aliphatic heterocycles. The summed E-state index contributed by atoms with van der Waals surface area (Å²) in [6, 6.07) is 5.68. The number of benzene rings is 1. The summed E-state index contributed by atoms with van der Waals surface area (Å²) < 4.78 is 39.9. The van der Waals surface area contributed by atoms with Crippen molar-refractivity contribution in [2.45, 2.75) is 4.90 Å². The van der Waals surface area contributed by atoms with Gasteiger partial charge < -0.3 is 5.11 Å². The van der Waals surface area contributed by atoms with E-state index < -0.39 is 33.1 Å². The highest BCUT2D eigenvalue weighted by molar-refractivity contribution is 7.92. The SMILES string of the molecule is O=C(O)c1cccc(F)c1NS(=O)(=O)c1cccnc1Cl. The lowest BCUT2D eigenvalue weighted by atomic mass is 10.2. The molecule has 0 spiro atoms. The quantitative estimate of drug-likeness (QED) is 0.839. The van der Waals surface area contributed by atoms with Crippen molar-refractivity contribution in [1.82, 2.24) is 4.98 Å². The predicted molar refractivity (Wildman–Crippen MR) is 73.4 cm³/mol. The van der Waals surface area contributed by atoms with Gasteiger partial charge in [-0.25, -0.2) is 22.6 Å².